The summed E-state index contributed by atoms with van der Waals surface area (Å²) in [5.74, 6) is 0.786. The van der Waals surface area contributed by atoms with Crippen LogP contribution in [0, 0.1) is 5.92 Å². The first kappa shape index (κ1) is 12.6. The minimum Gasteiger partial charge on any atom is -0.317 e. The van der Waals surface area contributed by atoms with Gasteiger partial charge in [-0.3, -0.25) is 0 Å². The molecule has 1 aliphatic carbocycles. The van der Waals surface area contributed by atoms with Crippen molar-refractivity contribution < 1.29 is 0 Å². The summed E-state index contributed by atoms with van der Waals surface area (Å²) in [4.78, 5) is 0. The molecule has 0 bridgehead atoms. The van der Waals surface area contributed by atoms with Crippen LogP contribution >= 0.6 is 0 Å². The van der Waals surface area contributed by atoms with Crippen LogP contribution in [0.15, 0.2) is 18.2 Å². The fraction of sp³-hybridized carbons (Fsp3) is 0.625. The fourth-order valence-corrected chi connectivity index (χ4v) is 2.78. The van der Waals surface area contributed by atoms with Gasteiger partial charge in [0.15, 0.2) is 0 Å². The van der Waals surface area contributed by atoms with E-state index in [1.807, 2.05) is 0 Å². The van der Waals surface area contributed by atoms with Gasteiger partial charge in [0.25, 0.3) is 0 Å². The van der Waals surface area contributed by atoms with Gasteiger partial charge in [-0.2, -0.15) is 0 Å². The zero-order valence-corrected chi connectivity index (χ0v) is 11.3. The van der Waals surface area contributed by atoms with Gasteiger partial charge in [0.05, 0.1) is 0 Å². The van der Waals surface area contributed by atoms with Gasteiger partial charge >= 0.3 is 0 Å². The van der Waals surface area contributed by atoms with Crippen molar-refractivity contribution in [2.24, 2.45) is 5.92 Å². The number of benzene rings is 1. The molecule has 1 heteroatoms. The molecule has 0 aromatic heterocycles. The number of nitrogens with one attached hydrogen (secondary N) is 1. The summed E-state index contributed by atoms with van der Waals surface area (Å²) < 4.78 is 0. The Hall–Kier alpha value is -0.820. The van der Waals surface area contributed by atoms with Crippen molar-refractivity contribution in [1.82, 2.24) is 5.32 Å². The first-order chi connectivity index (χ1) is 8.29. The van der Waals surface area contributed by atoms with Crippen molar-refractivity contribution in [1.29, 1.82) is 0 Å². The first-order valence-electron chi connectivity index (χ1n) is 7.11. The monoisotopic (exact) mass is 231 g/mol. The highest BCUT2D eigenvalue weighted by atomic mass is 14.8. The Morgan fingerprint density at radius 2 is 2.06 bits per heavy atom. The van der Waals surface area contributed by atoms with E-state index in [2.05, 4.69) is 37.4 Å². The summed E-state index contributed by atoms with van der Waals surface area (Å²) in [6, 6.07) is 7.15. The summed E-state index contributed by atoms with van der Waals surface area (Å²) in [6.07, 6.45) is 6.47. The minimum atomic E-state index is 0.786. The maximum Gasteiger partial charge on any atom is -0.00464 e. The van der Waals surface area contributed by atoms with Gasteiger partial charge in [0.2, 0.25) is 0 Å². The van der Waals surface area contributed by atoms with Crippen LogP contribution in [0.3, 0.4) is 0 Å². The van der Waals surface area contributed by atoms with E-state index >= 15 is 0 Å². The molecule has 1 aromatic carbocycles. The molecule has 0 fully saturated rings. The third kappa shape index (κ3) is 3.57. The van der Waals surface area contributed by atoms with Gasteiger partial charge < -0.3 is 5.32 Å². The lowest BCUT2D eigenvalue weighted by atomic mass is 9.96. The SMILES string of the molecule is CCNCCC(C)Cc1ccc2c(c1)CCC2. The number of aryl methyl sites for hydroxylation is 2. The highest BCUT2D eigenvalue weighted by molar-refractivity contribution is 5.35. The Labute approximate surface area is 106 Å². The molecular weight excluding hydrogens is 206 g/mol. The van der Waals surface area contributed by atoms with Crippen LogP contribution in [0.2, 0.25) is 0 Å². The minimum absolute atomic E-state index is 0.786. The second-order valence-corrected chi connectivity index (χ2v) is 5.41. The van der Waals surface area contributed by atoms with E-state index in [0.717, 1.165) is 19.0 Å². The highest BCUT2D eigenvalue weighted by Gasteiger charge is 2.11. The Bertz CT molecular complexity index is 357. The molecule has 0 spiro atoms. The molecule has 0 heterocycles. The van der Waals surface area contributed by atoms with E-state index in [1.54, 1.807) is 11.1 Å². The van der Waals surface area contributed by atoms with Gasteiger partial charge in [-0.1, -0.05) is 32.0 Å². The molecule has 0 radical (unpaired) electrons. The Morgan fingerprint density at radius 3 is 2.88 bits per heavy atom. The summed E-state index contributed by atoms with van der Waals surface area (Å²) in [7, 11) is 0. The topological polar surface area (TPSA) is 12.0 Å². The summed E-state index contributed by atoms with van der Waals surface area (Å²) in [5.41, 5.74) is 4.74. The van der Waals surface area contributed by atoms with Crippen LogP contribution in [0.4, 0.5) is 0 Å². The predicted octanol–water partition coefficient (Wildman–Crippen LogP) is 3.35. The molecular formula is C16H25N. The van der Waals surface area contributed by atoms with Crippen LogP contribution < -0.4 is 5.32 Å². The third-order valence-corrected chi connectivity index (χ3v) is 3.81. The fourth-order valence-electron chi connectivity index (χ4n) is 2.78. The van der Waals surface area contributed by atoms with E-state index in [0.29, 0.717) is 0 Å². The number of fused-ring (bicyclic) bond motifs is 1. The van der Waals surface area contributed by atoms with Crippen molar-refractivity contribution in [2.45, 2.75) is 46.0 Å². The van der Waals surface area contributed by atoms with Crippen LogP contribution in [0.25, 0.3) is 0 Å². The molecule has 0 saturated carbocycles. The molecule has 1 aromatic rings. The predicted molar refractivity (Wildman–Crippen MR) is 74.5 cm³/mol. The zero-order valence-electron chi connectivity index (χ0n) is 11.3. The number of hydrogen-bond acceptors (Lipinski definition) is 1. The molecule has 1 aliphatic rings. The standard InChI is InChI=1S/C16H25N/c1-3-17-10-9-13(2)11-14-7-8-15-5-4-6-16(15)12-14/h7-8,12-13,17H,3-6,9-11H2,1-2H3. The molecule has 0 saturated heterocycles. The molecule has 1 nitrogen and oxygen atoms in total. The molecule has 94 valence electrons. The molecule has 2 rings (SSSR count). The first-order valence-corrected chi connectivity index (χ1v) is 7.11. The second-order valence-electron chi connectivity index (χ2n) is 5.41. The van der Waals surface area contributed by atoms with Crippen molar-refractivity contribution in [2.75, 3.05) is 13.1 Å². The molecule has 17 heavy (non-hydrogen) atoms. The Kier molecular flexibility index (Phi) is 4.61. The Balaban J connectivity index is 1.86. The van der Waals surface area contributed by atoms with Gasteiger partial charge in [-0.15, -0.1) is 0 Å². The van der Waals surface area contributed by atoms with Crippen LogP contribution in [0.1, 0.15) is 43.4 Å². The van der Waals surface area contributed by atoms with E-state index < -0.39 is 0 Å². The van der Waals surface area contributed by atoms with Crippen LogP contribution in [-0.4, -0.2) is 13.1 Å². The maximum atomic E-state index is 3.41. The lowest BCUT2D eigenvalue weighted by molar-refractivity contribution is 0.504. The van der Waals surface area contributed by atoms with E-state index in [-0.39, 0.29) is 0 Å². The van der Waals surface area contributed by atoms with Gasteiger partial charge in [0.1, 0.15) is 0 Å². The maximum absolute atomic E-state index is 3.41. The van der Waals surface area contributed by atoms with Crippen molar-refractivity contribution in [3.8, 4) is 0 Å². The zero-order chi connectivity index (χ0) is 12.1. The lowest BCUT2D eigenvalue weighted by Crippen LogP contribution is -2.17. The molecule has 0 amide bonds. The van der Waals surface area contributed by atoms with E-state index in [4.69, 9.17) is 0 Å². The molecule has 1 unspecified atom stereocenters. The van der Waals surface area contributed by atoms with Crippen molar-refractivity contribution >= 4 is 0 Å². The van der Waals surface area contributed by atoms with Crippen molar-refractivity contribution in [3.63, 3.8) is 0 Å². The van der Waals surface area contributed by atoms with E-state index in [9.17, 15) is 0 Å². The molecule has 1 atom stereocenters. The average Bonchev–Trinajstić information content (AvgIpc) is 2.76. The Morgan fingerprint density at radius 1 is 1.24 bits per heavy atom. The lowest BCUT2D eigenvalue weighted by Gasteiger charge is -2.12. The molecule has 0 aliphatic heterocycles. The third-order valence-electron chi connectivity index (χ3n) is 3.81. The van der Waals surface area contributed by atoms with E-state index in [1.165, 1.54) is 37.7 Å². The highest BCUT2D eigenvalue weighted by Crippen LogP contribution is 2.24. The van der Waals surface area contributed by atoms with Crippen molar-refractivity contribution in [3.05, 3.63) is 34.9 Å². The summed E-state index contributed by atoms with van der Waals surface area (Å²) in [6.45, 7) is 6.78. The normalized spacial score (nSPS) is 15.9. The number of rotatable bonds is 6. The largest absolute Gasteiger partial charge is 0.317 e. The number of hydrogen-bond donors (Lipinski definition) is 1. The second kappa shape index (κ2) is 6.20. The van der Waals surface area contributed by atoms with Gasteiger partial charge in [-0.05, 0) is 67.8 Å². The molecule has 1 N–H and O–H groups in total. The summed E-state index contributed by atoms with van der Waals surface area (Å²) >= 11 is 0. The van der Waals surface area contributed by atoms with Crippen LogP contribution in [-0.2, 0) is 19.3 Å². The smallest absolute Gasteiger partial charge is 0.00464 e. The quantitative estimate of drug-likeness (QED) is 0.740. The van der Waals surface area contributed by atoms with Gasteiger partial charge in [-0.25, -0.2) is 0 Å². The average molecular weight is 231 g/mol. The van der Waals surface area contributed by atoms with Gasteiger partial charge in [0, 0.05) is 0 Å². The van der Waals surface area contributed by atoms with Crippen LogP contribution in [0.5, 0.6) is 0 Å². The summed E-state index contributed by atoms with van der Waals surface area (Å²) in [5, 5.41) is 3.41.